The summed E-state index contributed by atoms with van der Waals surface area (Å²) >= 11 is 2.15. The predicted octanol–water partition coefficient (Wildman–Crippen LogP) is 5.28. The number of aromatic nitrogens is 2. The number of nitrogens with zero attached hydrogens (tertiary/aromatic N) is 2. The molecule has 0 spiro atoms. The van der Waals surface area contributed by atoms with Crippen LogP contribution in [0.4, 0.5) is 18.9 Å². The minimum atomic E-state index is -4.47. The summed E-state index contributed by atoms with van der Waals surface area (Å²) in [5.41, 5.74) is -1.14. The van der Waals surface area contributed by atoms with Gasteiger partial charge < -0.3 is 14.5 Å². The molecule has 27 heavy (non-hydrogen) atoms. The smallest absolute Gasteiger partial charge is 0.339 e. The fourth-order valence-corrected chi connectivity index (χ4v) is 3.09. The molecule has 0 atom stereocenters. The number of benzene rings is 1. The van der Waals surface area contributed by atoms with Gasteiger partial charge in [0.2, 0.25) is 5.91 Å². The molecule has 0 saturated carbocycles. The van der Waals surface area contributed by atoms with Crippen LogP contribution in [0.2, 0.25) is 0 Å². The van der Waals surface area contributed by atoms with Crippen LogP contribution < -0.4 is 5.32 Å². The fourth-order valence-electron chi connectivity index (χ4n) is 2.63. The third-order valence-corrected chi connectivity index (χ3v) is 4.95. The molecular formula is C19H17F3IN3O. The highest BCUT2D eigenvalue weighted by molar-refractivity contribution is 14.1. The van der Waals surface area contributed by atoms with Crippen LogP contribution in [0.25, 0.3) is 5.69 Å². The Morgan fingerprint density at radius 3 is 2.30 bits per heavy atom. The molecule has 0 aliphatic rings. The molecule has 0 radical (unpaired) electrons. The van der Waals surface area contributed by atoms with Gasteiger partial charge in [0, 0.05) is 28.4 Å². The van der Waals surface area contributed by atoms with E-state index in [1.54, 1.807) is 49.1 Å². The van der Waals surface area contributed by atoms with Gasteiger partial charge >= 0.3 is 6.18 Å². The van der Waals surface area contributed by atoms with E-state index in [1.807, 2.05) is 12.3 Å². The number of amides is 1. The van der Waals surface area contributed by atoms with E-state index >= 15 is 0 Å². The molecule has 2 aromatic heterocycles. The van der Waals surface area contributed by atoms with E-state index in [4.69, 9.17) is 0 Å². The summed E-state index contributed by atoms with van der Waals surface area (Å²) in [5.74, 6) is -0.331. The Morgan fingerprint density at radius 1 is 1.07 bits per heavy atom. The van der Waals surface area contributed by atoms with Crippen molar-refractivity contribution in [2.45, 2.75) is 25.6 Å². The number of alkyl halides is 3. The summed E-state index contributed by atoms with van der Waals surface area (Å²) in [6.45, 7) is 3.50. The maximum Gasteiger partial charge on any atom is 0.416 e. The van der Waals surface area contributed by atoms with Gasteiger partial charge in [-0.15, -0.1) is 0 Å². The number of anilines is 1. The highest BCUT2D eigenvalue weighted by Crippen LogP contribution is 2.34. The molecule has 0 aliphatic heterocycles. The molecule has 0 bridgehead atoms. The van der Waals surface area contributed by atoms with Crippen LogP contribution in [-0.4, -0.2) is 15.0 Å². The van der Waals surface area contributed by atoms with Crippen molar-refractivity contribution in [3.05, 3.63) is 70.3 Å². The van der Waals surface area contributed by atoms with Gasteiger partial charge in [-0.3, -0.25) is 4.79 Å². The Hall–Kier alpha value is -2.23. The molecule has 2 heterocycles. The van der Waals surface area contributed by atoms with E-state index in [0.717, 1.165) is 15.7 Å². The summed E-state index contributed by atoms with van der Waals surface area (Å²) in [7, 11) is 0. The first-order valence-corrected chi connectivity index (χ1v) is 9.17. The summed E-state index contributed by atoms with van der Waals surface area (Å²) in [6, 6.07) is 8.56. The van der Waals surface area contributed by atoms with Crippen LogP contribution >= 0.6 is 22.6 Å². The zero-order chi connectivity index (χ0) is 19.8. The lowest BCUT2D eigenvalue weighted by Crippen LogP contribution is -2.39. The molecule has 0 fully saturated rings. The molecular weight excluding hydrogens is 470 g/mol. The van der Waals surface area contributed by atoms with E-state index in [-0.39, 0.29) is 11.6 Å². The van der Waals surface area contributed by atoms with Gasteiger partial charge in [0.15, 0.2) is 0 Å². The summed E-state index contributed by atoms with van der Waals surface area (Å²) in [4.78, 5) is 12.9. The van der Waals surface area contributed by atoms with E-state index in [1.165, 1.54) is 10.6 Å². The molecule has 4 nitrogen and oxygen atoms in total. The molecule has 1 aromatic carbocycles. The molecule has 0 unspecified atom stereocenters. The average molecular weight is 487 g/mol. The van der Waals surface area contributed by atoms with Crippen molar-refractivity contribution in [2.75, 3.05) is 5.32 Å². The van der Waals surface area contributed by atoms with Gasteiger partial charge in [0.25, 0.3) is 0 Å². The second-order valence-corrected chi connectivity index (χ2v) is 7.82. The fraction of sp³-hybridized carbons (Fsp3) is 0.211. The second kappa shape index (κ2) is 7.06. The molecule has 1 amide bonds. The predicted molar refractivity (Wildman–Crippen MR) is 106 cm³/mol. The standard InChI is InChI=1S/C19H17F3IN3O/c1-18(2,26-10-7-14(23)12-26)17(27)24-15-6-5-13(19(20,21)22)11-16(15)25-8-3-4-9-25/h3-12H,1-2H3,(H,24,27). The summed E-state index contributed by atoms with van der Waals surface area (Å²) in [6.07, 6.45) is 2.42. The van der Waals surface area contributed by atoms with Crippen LogP contribution in [0, 0.1) is 3.57 Å². The first-order chi connectivity index (χ1) is 12.6. The lowest BCUT2D eigenvalue weighted by atomic mass is 10.0. The zero-order valence-corrected chi connectivity index (χ0v) is 16.7. The second-order valence-electron chi connectivity index (χ2n) is 6.57. The van der Waals surface area contributed by atoms with Gasteiger partial charge in [-0.05, 0) is 72.8 Å². The number of hydrogen-bond acceptors (Lipinski definition) is 1. The van der Waals surface area contributed by atoms with Crippen molar-refractivity contribution in [3.63, 3.8) is 0 Å². The molecule has 0 aliphatic carbocycles. The number of nitrogens with one attached hydrogen (secondary N) is 1. The molecule has 3 rings (SSSR count). The van der Waals surface area contributed by atoms with Crippen LogP contribution in [-0.2, 0) is 16.5 Å². The number of rotatable bonds is 4. The van der Waals surface area contributed by atoms with E-state index in [9.17, 15) is 18.0 Å². The minimum absolute atomic E-state index is 0.251. The van der Waals surface area contributed by atoms with Crippen molar-refractivity contribution in [1.29, 1.82) is 0 Å². The number of hydrogen-bond donors (Lipinski definition) is 1. The Bertz CT molecular complexity index is 959. The molecule has 3 aromatic rings. The van der Waals surface area contributed by atoms with Crippen molar-refractivity contribution in [1.82, 2.24) is 9.13 Å². The van der Waals surface area contributed by atoms with Crippen molar-refractivity contribution in [3.8, 4) is 5.69 Å². The van der Waals surface area contributed by atoms with Crippen LogP contribution in [0.3, 0.4) is 0 Å². The number of halogens is 4. The molecule has 1 N–H and O–H groups in total. The third-order valence-electron chi connectivity index (χ3n) is 4.31. The summed E-state index contributed by atoms with van der Waals surface area (Å²) < 4.78 is 43.6. The van der Waals surface area contributed by atoms with Crippen molar-refractivity contribution in [2.24, 2.45) is 0 Å². The Labute approximate surface area is 168 Å². The van der Waals surface area contributed by atoms with E-state index < -0.39 is 17.3 Å². The number of carbonyl (C=O) groups is 1. The molecule has 0 saturated heterocycles. The largest absolute Gasteiger partial charge is 0.416 e. The van der Waals surface area contributed by atoms with Crippen LogP contribution in [0.15, 0.2) is 61.2 Å². The third kappa shape index (κ3) is 4.05. The summed E-state index contributed by atoms with van der Waals surface area (Å²) in [5, 5.41) is 2.78. The number of carbonyl (C=O) groups excluding carboxylic acids is 1. The average Bonchev–Trinajstić information content (AvgIpc) is 3.25. The van der Waals surface area contributed by atoms with Gasteiger partial charge in [-0.2, -0.15) is 13.2 Å². The maximum absolute atomic E-state index is 13.1. The highest BCUT2D eigenvalue weighted by atomic mass is 127. The highest BCUT2D eigenvalue weighted by Gasteiger charge is 2.33. The SMILES string of the molecule is CC(C)(C(=O)Nc1ccc(C(F)(F)F)cc1-n1cccc1)n1ccc(I)c1. The van der Waals surface area contributed by atoms with E-state index in [2.05, 4.69) is 27.9 Å². The first kappa shape index (κ1) is 19.5. The zero-order valence-electron chi connectivity index (χ0n) is 14.6. The van der Waals surface area contributed by atoms with Crippen LogP contribution in [0.1, 0.15) is 19.4 Å². The minimum Gasteiger partial charge on any atom is -0.339 e. The van der Waals surface area contributed by atoms with E-state index in [0.29, 0.717) is 5.69 Å². The Kier molecular flexibility index (Phi) is 5.11. The van der Waals surface area contributed by atoms with Gasteiger partial charge in [0.05, 0.1) is 16.9 Å². The Morgan fingerprint density at radius 2 is 1.74 bits per heavy atom. The van der Waals surface area contributed by atoms with Gasteiger partial charge in [-0.1, -0.05) is 0 Å². The molecule has 8 heteroatoms. The Balaban J connectivity index is 1.98. The van der Waals surface area contributed by atoms with Crippen LogP contribution in [0.5, 0.6) is 0 Å². The lowest BCUT2D eigenvalue weighted by Gasteiger charge is -2.26. The molecule has 142 valence electrons. The quantitative estimate of drug-likeness (QED) is 0.501. The normalized spacial score (nSPS) is 12.2. The topological polar surface area (TPSA) is 39.0 Å². The van der Waals surface area contributed by atoms with Crippen molar-refractivity contribution >= 4 is 34.2 Å². The maximum atomic E-state index is 13.1. The van der Waals surface area contributed by atoms with Crippen molar-refractivity contribution < 1.29 is 18.0 Å². The lowest BCUT2D eigenvalue weighted by molar-refractivity contribution is -0.137. The monoisotopic (exact) mass is 487 g/mol. The van der Waals surface area contributed by atoms with Gasteiger partial charge in [0.1, 0.15) is 5.54 Å². The first-order valence-electron chi connectivity index (χ1n) is 8.09. The van der Waals surface area contributed by atoms with Gasteiger partial charge in [-0.25, -0.2) is 0 Å².